The molecule has 1 rings (SSSR count). The van der Waals surface area contributed by atoms with Crippen LogP contribution in [-0.4, -0.2) is 33.4 Å². The third-order valence-electron chi connectivity index (χ3n) is 3.00. The second-order valence-corrected chi connectivity index (χ2v) is 5.56. The first-order valence-corrected chi connectivity index (χ1v) is 7.06. The van der Waals surface area contributed by atoms with Crippen molar-refractivity contribution < 1.29 is 4.74 Å². The average molecular weight is 315 g/mol. The molecule has 102 valence electrons. The SMILES string of the molecule is COCCNCc1ccc(Br)cc1N(C)C(C)C. The van der Waals surface area contributed by atoms with E-state index in [-0.39, 0.29) is 0 Å². The Hall–Kier alpha value is -0.580. The molecule has 0 unspecified atom stereocenters. The second-order valence-electron chi connectivity index (χ2n) is 4.65. The molecule has 1 aromatic carbocycles. The number of nitrogens with zero attached hydrogens (tertiary/aromatic N) is 1. The third-order valence-corrected chi connectivity index (χ3v) is 3.49. The lowest BCUT2D eigenvalue weighted by molar-refractivity contribution is 0.199. The van der Waals surface area contributed by atoms with Crippen molar-refractivity contribution >= 4 is 21.6 Å². The topological polar surface area (TPSA) is 24.5 Å². The van der Waals surface area contributed by atoms with Gasteiger partial charge in [-0.15, -0.1) is 0 Å². The molecular formula is C14H23BrN2O. The van der Waals surface area contributed by atoms with Crippen molar-refractivity contribution in [2.75, 3.05) is 32.2 Å². The summed E-state index contributed by atoms with van der Waals surface area (Å²) in [7, 11) is 3.85. The fourth-order valence-electron chi connectivity index (χ4n) is 1.69. The van der Waals surface area contributed by atoms with Crippen LogP contribution in [0.1, 0.15) is 19.4 Å². The number of benzene rings is 1. The molecule has 0 saturated carbocycles. The third kappa shape index (κ3) is 4.59. The minimum Gasteiger partial charge on any atom is -0.383 e. The van der Waals surface area contributed by atoms with Gasteiger partial charge in [-0.1, -0.05) is 22.0 Å². The second kappa shape index (κ2) is 7.77. The molecule has 0 bridgehead atoms. The van der Waals surface area contributed by atoms with E-state index in [1.54, 1.807) is 7.11 Å². The highest BCUT2D eigenvalue weighted by Gasteiger charge is 2.10. The number of methoxy groups -OCH3 is 1. The largest absolute Gasteiger partial charge is 0.383 e. The van der Waals surface area contributed by atoms with Crippen LogP contribution in [0.4, 0.5) is 5.69 Å². The number of anilines is 1. The fraction of sp³-hybridized carbons (Fsp3) is 0.571. The van der Waals surface area contributed by atoms with Gasteiger partial charge in [0, 0.05) is 43.4 Å². The molecule has 0 aliphatic carbocycles. The smallest absolute Gasteiger partial charge is 0.0587 e. The van der Waals surface area contributed by atoms with Crippen molar-refractivity contribution in [2.24, 2.45) is 0 Å². The van der Waals surface area contributed by atoms with Gasteiger partial charge >= 0.3 is 0 Å². The van der Waals surface area contributed by atoms with Crippen molar-refractivity contribution in [3.05, 3.63) is 28.2 Å². The number of rotatable bonds is 7. The molecule has 0 saturated heterocycles. The Bertz CT molecular complexity index is 369. The summed E-state index contributed by atoms with van der Waals surface area (Å²) in [4.78, 5) is 2.29. The van der Waals surface area contributed by atoms with Gasteiger partial charge in [0.05, 0.1) is 6.61 Å². The van der Waals surface area contributed by atoms with Crippen LogP contribution >= 0.6 is 15.9 Å². The molecule has 0 heterocycles. The van der Waals surface area contributed by atoms with E-state index in [0.717, 1.165) is 24.2 Å². The van der Waals surface area contributed by atoms with Crippen molar-refractivity contribution in [3.8, 4) is 0 Å². The molecule has 0 radical (unpaired) electrons. The van der Waals surface area contributed by atoms with Gasteiger partial charge in [-0.05, 0) is 31.5 Å². The maximum absolute atomic E-state index is 5.03. The molecule has 0 aliphatic heterocycles. The Morgan fingerprint density at radius 3 is 2.72 bits per heavy atom. The summed E-state index contributed by atoms with van der Waals surface area (Å²) in [5, 5.41) is 3.39. The van der Waals surface area contributed by atoms with Crippen LogP contribution in [0.5, 0.6) is 0 Å². The van der Waals surface area contributed by atoms with Crippen molar-refractivity contribution in [1.29, 1.82) is 0 Å². The molecular weight excluding hydrogens is 292 g/mol. The van der Waals surface area contributed by atoms with Gasteiger partial charge in [-0.3, -0.25) is 0 Å². The van der Waals surface area contributed by atoms with Crippen LogP contribution < -0.4 is 10.2 Å². The van der Waals surface area contributed by atoms with Gasteiger partial charge in [0.1, 0.15) is 0 Å². The molecule has 0 aromatic heterocycles. The molecule has 0 fully saturated rings. The predicted molar refractivity (Wildman–Crippen MR) is 81.3 cm³/mol. The highest BCUT2D eigenvalue weighted by atomic mass is 79.9. The molecule has 3 nitrogen and oxygen atoms in total. The fourth-order valence-corrected chi connectivity index (χ4v) is 2.04. The maximum Gasteiger partial charge on any atom is 0.0587 e. The number of hydrogen-bond acceptors (Lipinski definition) is 3. The molecule has 0 atom stereocenters. The van der Waals surface area contributed by atoms with Crippen LogP contribution in [0.15, 0.2) is 22.7 Å². The minimum atomic E-state index is 0.483. The van der Waals surface area contributed by atoms with E-state index in [1.165, 1.54) is 11.3 Å². The summed E-state index contributed by atoms with van der Waals surface area (Å²) in [6, 6.07) is 6.91. The van der Waals surface area contributed by atoms with Crippen molar-refractivity contribution in [3.63, 3.8) is 0 Å². The van der Waals surface area contributed by atoms with E-state index in [2.05, 4.69) is 65.2 Å². The normalized spacial score (nSPS) is 11.0. The predicted octanol–water partition coefficient (Wildman–Crippen LogP) is 3.03. The van der Waals surface area contributed by atoms with Gasteiger partial charge < -0.3 is 15.0 Å². The first-order valence-electron chi connectivity index (χ1n) is 6.27. The Morgan fingerprint density at radius 1 is 1.39 bits per heavy atom. The minimum absolute atomic E-state index is 0.483. The van der Waals surface area contributed by atoms with Gasteiger partial charge in [0.25, 0.3) is 0 Å². The first-order chi connectivity index (χ1) is 8.56. The molecule has 1 aromatic rings. The Kier molecular flexibility index (Phi) is 6.68. The quantitative estimate of drug-likeness (QED) is 0.783. The molecule has 0 amide bonds. The zero-order valence-electron chi connectivity index (χ0n) is 11.7. The average Bonchev–Trinajstić information content (AvgIpc) is 2.35. The standard InChI is InChI=1S/C14H23BrN2O/c1-11(2)17(3)14-9-13(15)6-5-12(14)10-16-7-8-18-4/h5-6,9,11,16H,7-8,10H2,1-4H3. The van der Waals surface area contributed by atoms with E-state index in [9.17, 15) is 0 Å². The van der Waals surface area contributed by atoms with Crippen LogP contribution in [0.3, 0.4) is 0 Å². The summed E-state index contributed by atoms with van der Waals surface area (Å²) in [6.07, 6.45) is 0. The van der Waals surface area contributed by atoms with Gasteiger partial charge in [0.2, 0.25) is 0 Å². The Labute approximate surface area is 119 Å². The molecule has 0 spiro atoms. The lowest BCUT2D eigenvalue weighted by atomic mass is 10.1. The van der Waals surface area contributed by atoms with E-state index in [4.69, 9.17) is 4.74 Å². The summed E-state index contributed by atoms with van der Waals surface area (Å²) in [5.74, 6) is 0. The lowest BCUT2D eigenvalue weighted by Gasteiger charge is -2.27. The maximum atomic E-state index is 5.03. The molecule has 1 N–H and O–H groups in total. The summed E-state index contributed by atoms with van der Waals surface area (Å²) < 4.78 is 6.15. The molecule has 4 heteroatoms. The zero-order valence-corrected chi connectivity index (χ0v) is 13.3. The Morgan fingerprint density at radius 2 is 2.11 bits per heavy atom. The van der Waals surface area contributed by atoms with Crippen molar-refractivity contribution in [2.45, 2.75) is 26.4 Å². The van der Waals surface area contributed by atoms with Gasteiger partial charge in [0.15, 0.2) is 0 Å². The van der Waals surface area contributed by atoms with E-state index in [0.29, 0.717) is 6.04 Å². The van der Waals surface area contributed by atoms with E-state index < -0.39 is 0 Å². The summed E-state index contributed by atoms with van der Waals surface area (Å²) >= 11 is 3.54. The number of nitrogens with one attached hydrogen (secondary N) is 1. The first kappa shape index (κ1) is 15.5. The number of halogens is 1. The van der Waals surface area contributed by atoms with Gasteiger partial charge in [-0.2, -0.15) is 0 Å². The summed E-state index contributed by atoms with van der Waals surface area (Å²) in [6.45, 7) is 6.87. The van der Waals surface area contributed by atoms with Crippen LogP contribution in [0.25, 0.3) is 0 Å². The zero-order chi connectivity index (χ0) is 13.5. The highest BCUT2D eigenvalue weighted by Crippen LogP contribution is 2.25. The molecule has 18 heavy (non-hydrogen) atoms. The van der Waals surface area contributed by atoms with Crippen LogP contribution in [0.2, 0.25) is 0 Å². The van der Waals surface area contributed by atoms with Gasteiger partial charge in [-0.25, -0.2) is 0 Å². The van der Waals surface area contributed by atoms with E-state index >= 15 is 0 Å². The molecule has 0 aliphatic rings. The van der Waals surface area contributed by atoms with Crippen LogP contribution in [0, 0.1) is 0 Å². The van der Waals surface area contributed by atoms with Crippen molar-refractivity contribution in [1.82, 2.24) is 5.32 Å². The summed E-state index contributed by atoms with van der Waals surface area (Å²) in [5.41, 5.74) is 2.58. The monoisotopic (exact) mass is 314 g/mol. The Balaban J connectivity index is 2.76. The number of hydrogen-bond donors (Lipinski definition) is 1. The lowest BCUT2D eigenvalue weighted by Crippen LogP contribution is -2.28. The highest BCUT2D eigenvalue weighted by molar-refractivity contribution is 9.10. The van der Waals surface area contributed by atoms with E-state index in [1.807, 2.05) is 0 Å². The van der Waals surface area contributed by atoms with Crippen LogP contribution in [-0.2, 0) is 11.3 Å². The number of ether oxygens (including phenoxy) is 1.